The molecule has 0 fully saturated rings. The fraction of sp³-hybridized carbons (Fsp3) is 0. The van der Waals surface area contributed by atoms with Crippen LogP contribution in [0, 0.1) is 0 Å². The molecule has 0 amide bonds. The third-order valence-corrected chi connectivity index (χ3v) is 0. The van der Waals surface area contributed by atoms with Gasteiger partial charge in [-0.15, -0.1) is 0 Å². The number of halogens is 5. The van der Waals surface area contributed by atoms with Crippen LogP contribution in [0.15, 0.2) is 0 Å². The monoisotopic (exact) mass is 387 g/mol. The normalized spacial score (nSPS) is 19.2. The zero-order valence-electron chi connectivity index (χ0n) is 2.39. The van der Waals surface area contributed by atoms with Crippen molar-refractivity contribution in [1.82, 2.24) is 0 Å². The summed E-state index contributed by atoms with van der Waals surface area (Å²) in [4.78, 5) is 0. The summed E-state index contributed by atoms with van der Waals surface area (Å²) in [6.45, 7) is 0. The van der Waals surface area contributed by atoms with Crippen LogP contribution in [0.3, 0.4) is 0 Å². The van der Waals surface area contributed by atoms with E-state index in [9.17, 15) is 0 Å². The summed E-state index contributed by atoms with van der Waals surface area (Å²) in [6, 6.07) is 0. The molecule has 0 aliphatic rings. The molecule has 0 N–H and O–H groups in total. The summed E-state index contributed by atoms with van der Waals surface area (Å²) in [5.41, 5.74) is 0. The van der Waals surface area contributed by atoms with Gasteiger partial charge in [0.15, 0.2) is 0 Å². The van der Waals surface area contributed by atoms with Gasteiger partial charge in [0.1, 0.15) is 0 Å². The molecule has 0 saturated carbocycles. The second-order valence-corrected chi connectivity index (χ2v) is 64.4. The Balaban J connectivity index is 3.73. The van der Waals surface area contributed by atoms with Crippen LogP contribution in [0.25, 0.3) is 0 Å². The molecule has 0 nitrogen and oxygen atoms in total. The Kier molecular flexibility index (Phi) is 3.09. The molecule has 0 rings (SSSR count). The van der Waals surface area contributed by atoms with Crippen LogP contribution in [0.1, 0.15) is 0 Å². The van der Waals surface area contributed by atoms with Crippen molar-refractivity contribution in [3.05, 3.63) is 0 Å². The van der Waals surface area contributed by atoms with Gasteiger partial charge in [-0.25, -0.2) is 0 Å². The molecule has 6 heteroatoms. The fourth-order valence-electron chi connectivity index (χ4n) is 0. The average Bonchev–Trinajstić information content (AvgIpc) is 0.650. The molecule has 0 aromatic heterocycles. The van der Waals surface area contributed by atoms with Gasteiger partial charge in [-0.05, 0) is 0 Å². The van der Waals surface area contributed by atoms with Crippen molar-refractivity contribution in [2.45, 2.75) is 0 Å². The molecular weight excluding hydrogens is 387 g/mol. The third kappa shape index (κ3) is 29.9. The van der Waals surface area contributed by atoms with E-state index in [2.05, 4.69) is 0 Å². The van der Waals surface area contributed by atoms with Crippen LogP contribution < -0.4 is 0 Å². The van der Waals surface area contributed by atoms with E-state index in [1.165, 1.54) is 0 Å². The number of rotatable bonds is 0. The van der Waals surface area contributed by atoms with Crippen molar-refractivity contribution in [3.63, 3.8) is 0 Å². The summed E-state index contributed by atoms with van der Waals surface area (Å²) in [7, 11) is 17.2. The summed E-state index contributed by atoms with van der Waals surface area (Å²) in [5.74, 6) is 0. The Morgan fingerprint density at radius 2 is 1.00 bits per heavy atom. The van der Waals surface area contributed by atoms with E-state index in [4.69, 9.17) is 35.7 Å². The molecule has 0 saturated heterocycles. The van der Waals surface area contributed by atoms with Gasteiger partial charge in [0.2, 0.25) is 0 Å². The van der Waals surface area contributed by atoms with Gasteiger partial charge in [0, 0.05) is 0 Å². The van der Waals surface area contributed by atoms with E-state index in [0.717, 1.165) is 0 Å². The topological polar surface area (TPSA) is 0 Å². The van der Waals surface area contributed by atoms with E-state index < -0.39 is 8.52 Å². The summed E-state index contributed by atoms with van der Waals surface area (Å²) >= 11 is 1.68. The number of hydrogen-bond acceptors (Lipinski definition) is 0. The molecule has 0 aromatic rings. The molecule has 0 aliphatic heterocycles. The van der Waals surface area contributed by atoms with Crippen LogP contribution in [0.4, 0.5) is 0 Å². The second kappa shape index (κ2) is 2.14. The molecule has 0 spiro atoms. The van der Waals surface area contributed by atoms with E-state index in [-0.39, 0.29) is 0 Å². The average molecular weight is 387 g/mol. The predicted octanol–water partition coefficient (Wildman–Crippen LogP) is 3.26. The van der Waals surface area contributed by atoms with Gasteiger partial charge >= 0.3 is 62.8 Å². The molecule has 0 heterocycles. The third-order valence-electron chi connectivity index (χ3n) is 0. The minimum atomic E-state index is -3.90. The van der Waals surface area contributed by atoms with Gasteiger partial charge in [-0.1, -0.05) is 0 Å². The first kappa shape index (κ1) is 8.69. The first-order chi connectivity index (χ1) is 2.24. The van der Waals surface area contributed by atoms with Crippen molar-refractivity contribution in [3.8, 4) is 0 Å². The first-order valence-electron chi connectivity index (χ1n) is 0.945. The van der Waals surface area contributed by atoms with Crippen molar-refractivity contribution in [2.24, 2.45) is 0 Å². The quantitative estimate of drug-likeness (QED) is 0.442. The minimum absolute atomic E-state index is 1.68. The molecule has 0 unspecified atom stereocenters. The van der Waals surface area contributed by atoms with Crippen molar-refractivity contribution < 1.29 is 0 Å². The first-order valence-corrected chi connectivity index (χ1v) is 23.7. The van der Waals surface area contributed by atoms with Crippen LogP contribution in [-0.4, -0.2) is 8.52 Å². The van der Waals surface area contributed by atoms with Crippen molar-refractivity contribution in [2.75, 3.05) is 0 Å². The summed E-state index contributed by atoms with van der Waals surface area (Å²) in [6.07, 6.45) is 0. The summed E-state index contributed by atoms with van der Waals surface area (Å²) in [5, 5.41) is 0. The standard InChI is InChI=1S/4ClH.HI.Sn/h5*1H;/q;;;;;+4/p-5. The Morgan fingerprint density at radius 3 is 1.00 bits per heavy atom. The Bertz CT molecular complexity index is 40.7. The Hall–Kier alpha value is 2.69. The van der Waals surface area contributed by atoms with E-state index in [0.29, 0.717) is 0 Å². The van der Waals surface area contributed by atoms with Crippen LogP contribution in [0.2, 0.25) is 0 Å². The predicted molar refractivity (Wildman–Crippen MR) is 43.2 cm³/mol. The molecule has 0 aliphatic carbocycles. The molecule has 0 bridgehead atoms. The van der Waals surface area contributed by atoms with Crippen molar-refractivity contribution in [1.29, 1.82) is 0 Å². The Morgan fingerprint density at radius 1 is 1.00 bits per heavy atom. The van der Waals surface area contributed by atoms with E-state index >= 15 is 0 Å². The molecule has 0 radical (unpaired) electrons. The zero-order valence-corrected chi connectivity index (χ0v) is 10.4. The van der Waals surface area contributed by atoms with Crippen molar-refractivity contribution >= 4 is 62.8 Å². The SMILES string of the molecule is [Cl][Sn-]([Cl])([Cl])([Cl])[I]. The maximum absolute atomic E-state index is 5.28. The maximum atomic E-state index is 5.28. The molecule has 0 atom stereocenters. The van der Waals surface area contributed by atoms with Gasteiger partial charge in [-0.3, -0.25) is 0 Å². The zero-order chi connectivity index (χ0) is 5.45. The molecule has 6 heavy (non-hydrogen) atoms. The van der Waals surface area contributed by atoms with E-state index in [1.54, 1.807) is 18.6 Å². The fourth-order valence-corrected chi connectivity index (χ4v) is 0. The van der Waals surface area contributed by atoms with Crippen LogP contribution in [-0.2, 0) is 0 Å². The molecule has 40 valence electrons. The van der Waals surface area contributed by atoms with Gasteiger partial charge in [0.05, 0.1) is 0 Å². The van der Waals surface area contributed by atoms with Crippen LogP contribution in [0.5, 0.6) is 0 Å². The van der Waals surface area contributed by atoms with E-state index in [1.807, 2.05) is 0 Å². The molecule has 0 aromatic carbocycles. The Labute approximate surface area is 61.5 Å². The molecular formula is Cl4ISn-. The second-order valence-electron chi connectivity index (χ2n) is 0.714. The van der Waals surface area contributed by atoms with Crippen LogP contribution >= 0.6 is 54.3 Å². The van der Waals surface area contributed by atoms with Gasteiger partial charge in [-0.2, -0.15) is 0 Å². The number of hydrogen-bond donors (Lipinski definition) is 0. The van der Waals surface area contributed by atoms with Gasteiger partial charge in [0.25, 0.3) is 0 Å². The van der Waals surface area contributed by atoms with Gasteiger partial charge < -0.3 is 0 Å². The summed E-state index contributed by atoms with van der Waals surface area (Å²) < 4.78 is 0.